The molecule has 0 fully saturated rings. The van der Waals surface area contributed by atoms with Gasteiger partial charge >= 0.3 is 0 Å². The molecule has 0 atom stereocenters. The molecule has 3 heteroatoms. The van der Waals surface area contributed by atoms with Gasteiger partial charge in [-0.15, -0.1) is 11.8 Å². The van der Waals surface area contributed by atoms with Gasteiger partial charge in [0.25, 0.3) is 5.91 Å². The van der Waals surface area contributed by atoms with Crippen molar-refractivity contribution in [1.82, 2.24) is 0 Å². The highest BCUT2D eigenvalue weighted by Crippen LogP contribution is 2.23. The number of carbonyl (C=O) groups excluding carboxylic acids is 1. The number of hydrogen-bond donors (Lipinski definition) is 1. The molecule has 0 aliphatic carbocycles. The van der Waals surface area contributed by atoms with Crippen molar-refractivity contribution < 1.29 is 4.79 Å². The molecule has 2 nitrogen and oxygen atoms in total. The Morgan fingerprint density at radius 1 is 0.923 bits per heavy atom. The quantitative estimate of drug-likeness (QED) is 0.537. The van der Waals surface area contributed by atoms with E-state index in [-0.39, 0.29) is 5.91 Å². The number of para-hydroxylation sites is 1. The van der Waals surface area contributed by atoms with Crippen LogP contribution in [0.1, 0.15) is 34.0 Å². The maximum atomic E-state index is 12.5. The zero-order valence-electron chi connectivity index (χ0n) is 15.2. The average Bonchev–Trinajstić information content (AvgIpc) is 2.68. The zero-order chi connectivity index (χ0) is 18.4. The van der Waals surface area contributed by atoms with Gasteiger partial charge in [-0.1, -0.05) is 55.0 Å². The second kappa shape index (κ2) is 8.72. The van der Waals surface area contributed by atoms with Crippen molar-refractivity contribution in [2.45, 2.75) is 30.9 Å². The van der Waals surface area contributed by atoms with Gasteiger partial charge in [0.05, 0.1) is 0 Å². The first kappa shape index (κ1) is 18.3. The Kier molecular flexibility index (Phi) is 6.13. The second-order valence-electron chi connectivity index (χ2n) is 6.26. The Morgan fingerprint density at radius 3 is 2.31 bits per heavy atom. The largest absolute Gasteiger partial charge is 0.322 e. The van der Waals surface area contributed by atoms with Crippen molar-refractivity contribution in [2.75, 3.05) is 5.32 Å². The smallest absolute Gasteiger partial charge is 0.255 e. The normalized spacial score (nSPS) is 10.5. The average molecular weight is 362 g/mol. The minimum absolute atomic E-state index is 0.0661. The summed E-state index contributed by atoms with van der Waals surface area (Å²) in [4.78, 5) is 13.7. The number of hydrogen-bond acceptors (Lipinski definition) is 2. The van der Waals surface area contributed by atoms with E-state index in [1.807, 2.05) is 48.5 Å². The van der Waals surface area contributed by atoms with Crippen LogP contribution in [0.25, 0.3) is 0 Å². The number of carbonyl (C=O) groups is 1. The summed E-state index contributed by atoms with van der Waals surface area (Å²) < 4.78 is 0. The molecule has 0 bridgehead atoms. The third-order valence-electron chi connectivity index (χ3n) is 4.29. The SMILES string of the molecule is CCc1ccccc1NC(=O)c1ccc(CSc2ccc(C)cc2)cc1. The first-order valence-corrected chi connectivity index (χ1v) is 9.82. The highest BCUT2D eigenvalue weighted by Gasteiger charge is 2.08. The fraction of sp³-hybridized carbons (Fsp3) is 0.174. The molecular weight excluding hydrogens is 338 g/mol. The van der Waals surface area contributed by atoms with Crippen molar-refractivity contribution in [1.29, 1.82) is 0 Å². The van der Waals surface area contributed by atoms with Crippen LogP contribution < -0.4 is 5.32 Å². The van der Waals surface area contributed by atoms with Gasteiger partial charge in [-0.05, 0) is 54.8 Å². The van der Waals surface area contributed by atoms with Crippen molar-refractivity contribution in [3.8, 4) is 0 Å². The van der Waals surface area contributed by atoms with Crippen LogP contribution in [0.2, 0.25) is 0 Å². The molecular formula is C23H23NOS. The van der Waals surface area contributed by atoms with E-state index >= 15 is 0 Å². The molecule has 0 aliphatic heterocycles. The Morgan fingerprint density at radius 2 is 1.62 bits per heavy atom. The van der Waals surface area contributed by atoms with E-state index in [9.17, 15) is 4.79 Å². The number of anilines is 1. The minimum atomic E-state index is -0.0661. The topological polar surface area (TPSA) is 29.1 Å². The molecule has 0 unspecified atom stereocenters. The third kappa shape index (κ3) is 4.77. The number of rotatable bonds is 6. The molecule has 0 radical (unpaired) electrons. The minimum Gasteiger partial charge on any atom is -0.322 e. The van der Waals surface area contributed by atoms with E-state index in [0.717, 1.165) is 23.4 Å². The van der Waals surface area contributed by atoms with Gasteiger partial charge in [-0.25, -0.2) is 0 Å². The van der Waals surface area contributed by atoms with Crippen LogP contribution in [0.3, 0.4) is 0 Å². The molecule has 132 valence electrons. The van der Waals surface area contributed by atoms with E-state index in [1.54, 1.807) is 11.8 Å². The molecule has 3 aromatic carbocycles. The van der Waals surface area contributed by atoms with E-state index in [0.29, 0.717) is 5.56 Å². The molecule has 1 N–H and O–H groups in total. The first-order chi connectivity index (χ1) is 12.7. The molecule has 3 aromatic rings. The lowest BCUT2D eigenvalue weighted by Gasteiger charge is -2.10. The second-order valence-corrected chi connectivity index (χ2v) is 7.31. The Bertz CT molecular complexity index is 869. The maximum absolute atomic E-state index is 12.5. The summed E-state index contributed by atoms with van der Waals surface area (Å²) in [5.74, 6) is 0.826. The number of aryl methyl sites for hydroxylation is 2. The molecule has 1 amide bonds. The molecule has 26 heavy (non-hydrogen) atoms. The summed E-state index contributed by atoms with van der Waals surface area (Å²) in [5, 5.41) is 3.02. The monoisotopic (exact) mass is 361 g/mol. The van der Waals surface area contributed by atoms with Crippen LogP contribution in [0, 0.1) is 6.92 Å². The van der Waals surface area contributed by atoms with Crippen molar-refractivity contribution in [2.24, 2.45) is 0 Å². The fourth-order valence-corrected chi connectivity index (χ4v) is 3.55. The van der Waals surface area contributed by atoms with Crippen LogP contribution in [0.15, 0.2) is 77.7 Å². The number of thioether (sulfide) groups is 1. The van der Waals surface area contributed by atoms with Gasteiger partial charge in [0.15, 0.2) is 0 Å². The molecule has 3 rings (SSSR count). The third-order valence-corrected chi connectivity index (χ3v) is 5.37. The fourth-order valence-electron chi connectivity index (χ4n) is 2.70. The van der Waals surface area contributed by atoms with Crippen molar-refractivity contribution >= 4 is 23.4 Å². The van der Waals surface area contributed by atoms with Gasteiger partial charge in [-0.3, -0.25) is 4.79 Å². The van der Waals surface area contributed by atoms with Gasteiger partial charge in [0.1, 0.15) is 0 Å². The van der Waals surface area contributed by atoms with E-state index in [1.165, 1.54) is 16.0 Å². The van der Waals surface area contributed by atoms with E-state index in [4.69, 9.17) is 0 Å². The Balaban J connectivity index is 1.61. The number of nitrogens with one attached hydrogen (secondary N) is 1. The summed E-state index contributed by atoms with van der Waals surface area (Å²) in [6.45, 7) is 4.18. The molecule has 0 aromatic heterocycles. The molecule has 0 spiro atoms. The van der Waals surface area contributed by atoms with Crippen molar-refractivity contribution in [3.05, 3.63) is 95.1 Å². The summed E-state index contributed by atoms with van der Waals surface area (Å²) in [7, 11) is 0. The highest BCUT2D eigenvalue weighted by molar-refractivity contribution is 7.98. The molecule has 0 aliphatic rings. The van der Waals surface area contributed by atoms with E-state index < -0.39 is 0 Å². The number of amides is 1. The lowest BCUT2D eigenvalue weighted by Crippen LogP contribution is -2.13. The first-order valence-electron chi connectivity index (χ1n) is 8.83. The molecule has 0 saturated carbocycles. The maximum Gasteiger partial charge on any atom is 0.255 e. The lowest BCUT2D eigenvalue weighted by atomic mass is 10.1. The standard InChI is InChI=1S/C23H23NOS/c1-3-19-6-4-5-7-22(19)24-23(25)20-12-10-18(11-13-20)16-26-21-14-8-17(2)9-15-21/h4-15H,3,16H2,1-2H3,(H,24,25). The highest BCUT2D eigenvalue weighted by atomic mass is 32.2. The number of benzene rings is 3. The van der Waals surface area contributed by atoms with Crippen LogP contribution >= 0.6 is 11.8 Å². The molecule has 0 saturated heterocycles. The van der Waals surface area contributed by atoms with Gasteiger partial charge in [0, 0.05) is 21.9 Å². The summed E-state index contributed by atoms with van der Waals surface area (Å²) in [6.07, 6.45) is 0.894. The Labute approximate surface area is 159 Å². The van der Waals surface area contributed by atoms with Crippen LogP contribution in [0.4, 0.5) is 5.69 Å². The summed E-state index contributed by atoms with van der Waals surface area (Å²) in [6, 6.07) is 24.3. The van der Waals surface area contributed by atoms with Crippen LogP contribution in [0.5, 0.6) is 0 Å². The van der Waals surface area contributed by atoms with Gasteiger partial charge < -0.3 is 5.32 Å². The van der Waals surface area contributed by atoms with E-state index in [2.05, 4.69) is 43.4 Å². The zero-order valence-corrected chi connectivity index (χ0v) is 16.0. The predicted octanol–water partition coefficient (Wildman–Crippen LogP) is 6.10. The van der Waals surface area contributed by atoms with Gasteiger partial charge in [-0.2, -0.15) is 0 Å². The van der Waals surface area contributed by atoms with Crippen LogP contribution in [-0.2, 0) is 12.2 Å². The lowest BCUT2D eigenvalue weighted by molar-refractivity contribution is 0.102. The summed E-state index contributed by atoms with van der Waals surface area (Å²) >= 11 is 1.80. The summed E-state index contributed by atoms with van der Waals surface area (Å²) in [5.41, 5.74) is 5.20. The van der Waals surface area contributed by atoms with Gasteiger partial charge in [0.2, 0.25) is 0 Å². The van der Waals surface area contributed by atoms with Crippen molar-refractivity contribution in [3.63, 3.8) is 0 Å². The Hall–Kier alpha value is -2.52. The van der Waals surface area contributed by atoms with Crippen LogP contribution in [-0.4, -0.2) is 5.91 Å². The predicted molar refractivity (Wildman–Crippen MR) is 111 cm³/mol. The molecule has 0 heterocycles.